The molecule has 18 rings (SSSR count). The lowest BCUT2D eigenvalue weighted by Gasteiger charge is -2.45. The van der Waals surface area contributed by atoms with Gasteiger partial charge >= 0.3 is 0 Å². The molecule has 0 fully saturated rings. The highest BCUT2D eigenvalue weighted by atomic mass is 35.5. The Bertz CT molecular complexity index is 6360. The molecule has 133 heavy (non-hydrogen) atoms. The number of nitrogens with zero attached hydrogens (tertiary/aromatic N) is 6. The largest absolute Gasteiger partial charge is 0.311 e. The van der Waals surface area contributed by atoms with Crippen molar-refractivity contribution in [2.45, 2.75) is 217 Å². The van der Waals surface area contributed by atoms with Crippen LogP contribution in [0.25, 0.3) is 21.5 Å². The van der Waals surface area contributed by atoms with Gasteiger partial charge in [-0.1, -0.05) is 391 Å². The lowest BCUT2D eigenvalue weighted by atomic mass is 9.33. The quantitative estimate of drug-likeness (QED) is 0.100. The van der Waals surface area contributed by atoms with Gasteiger partial charge in [0.25, 0.3) is 6.71 Å². The Morgan fingerprint density at radius 3 is 0.752 bits per heavy atom. The van der Waals surface area contributed by atoms with Gasteiger partial charge < -0.3 is 29.4 Å². The molecule has 676 valence electrons. The van der Waals surface area contributed by atoms with Gasteiger partial charge in [-0.15, -0.1) is 0 Å². The summed E-state index contributed by atoms with van der Waals surface area (Å²) in [6.07, 6.45) is 0. The van der Waals surface area contributed by atoms with Gasteiger partial charge in [-0.3, -0.25) is 0 Å². The Kier molecular flexibility index (Phi) is 25.0. The summed E-state index contributed by atoms with van der Waals surface area (Å²) in [7, 11) is 0. The van der Waals surface area contributed by atoms with Crippen molar-refractivity contribution in [2.24, 2.45) is 0 Å². The van der Waals surface area contributed by atoms with E-state index in [0.29, 0.717) is 5.02 Å². The summed E-state index contributed by atoms with van der Waals surface area (Å²) in [5, 5.41) is 5.37. The number of anilines is 18. The molecule has 0 N–H and O–H groups in total. The molecule has 16 aromatic rings. The molecular formula is C125H136BClN6. The van der Waals surface area contributed by atoms with Gasteiger partial charge in [0.2, 0.25) is 0 Å². The van der Waals surface area contributed by atoms with Crippen LogP contribution in [0.5, 0.6) is 0 Å². The van der Waals surface area contributed by atoms with Crippen molar-refractivity contribution >= 4 is 159 Å². The molecule has 0 saturated heterocycles. The first-order valence-corrected chi connectivity index (χ1v) is 47.6. The van der Waals surface area contributed by atoms with Crippen LogP contribution in [0.4, 0.5) is 102 Å². The van der Waals surface area contributed by atoms with Gasteiger partial charge in [-0.25, -0.2) is 0 Å². The molecule has 0 spiro atoms. The molecule has 0 unspecified atom stereocenters. The third-order valence-corrected chi connectivity index (χ3v) is 27.2. The molecule has 16 aromatic carbocycles. The van der Waals surface area contributed by atoms with Crippen LogP contribution in [0.3, 0.4) is 0 Å². The van der Waals surface area contributed by atoms with Crippen LogP contribution < -0.4 is 45.8 Å². The van der Waals surface area contributed by atoms with Crippen LogP contribution >= 0.6 is 11.6 Å². The number of benzene rings is 16. The molecule has 0 saturated carbocycles. The number of hydrogen-bond acceptors (Lipinski definition) is 6. The Balaban J connectivity index is 0.000000201. The number of hydrogen-bond donors (Lipinski definition) is 0. The first-order valence-electron chi connectivity index (χ1n) is 47.3. The minimum absolute atomic E-state index is 0. The van der Waals surface area contributed by atoms with Crippen LogP contribution in [-0.4, -0.2) is 6.71 Å². The highest BCUT2D eigenvalue weighted by Gasteiger charge is 2.46. The zero-order valence-corrected chi connectivity index (χ0v) is 82.9. The van der Waals surface area contributed by atoms with Crippen LogP contribution in [0, 0.1) is 0 Å². The average Bonchev–Trinajstić information content (AvgIpc) is 0.688. The van der Waals surface area contributed by atoms with Crippen LogP contribution in [0.15, 0.2) is 352 Å². The predicted molar refractivity (Wildman–Crippen MR) is 584 cm³/mol. The molecule has 6 nitrogen and oxygen atoms in total. The molecule has 8 heteroatoms. The second-order valence-electron chi connectivity index (χ2n) is 44.6. The summed E-state index contributed by atoms with van der Waals surface area (Å²) < 4.78 is 0. The van der Waals surface area contributed by atoms with Crippen molar-refractivity contribution in [3.63, 3.8) is 0 Å². The van der Waals surface area contributed by atoms with Crippen molar-refractivity contribution in [2.75, 3.05) is 29.4 Å². The van der Waals surface area contributed by atoms with Gasteiger partial charge in [0.05, 0.1) is 39.1 Å². The molecule has 2 aliphatic heterocycles. The Hall–Kier alpha value is -12.8. The maximum absolute atomic E-state index is 8.18. The molecule has 2 aliphatic rings. The van der Waals surface area contributed by atoms with Crippen molar-refractivity contribution in [1.82, 2.24) is 0 Å². The van der Waals surface area contributed by atoms with E-state index in [9.17, 15) is 0 Å². The average molecular weight is 1770 g/mol. The molecule has 0 atom stereocenters. The first-order chi connectivity index (χ1) is 62.4. The topological polar surface area (TPSA) is 19.4 Å². The third-order valence-electron chi connectivity index (χ3n) is 26.8. The van der Waals surface area contributed by atoms with Crippen LogP contribution in [0.1, 0.15) is 220 Å². The standard InChI is InChI=1S/C62H64BN3.C62H66ClN3.CH4.H2/c1-59(2,3)42-25-31-47(32-26-42)65-54-35-29-44(61(7,8)9)37-51(54)63-52-38-45(62(10,11)12)30-36-55(52)66(48-33-27-43(28-34-48)60(4,5)6)57-40-49(39-56(65)58(57)63)64(46-21-14-13-15-22-46)53-24-18-20-41-19-16-17-23-50(41)53;1-59(2,3)44-25-33-49(34-26-44)64(50-35-27-45(28-36-50)60(4,5)6)56-41-53(66(48-21-14-13-15-22-48)55-24-18-20-43-19-16-17-23-54(43)55)42-57(58(56)63)65(51-37-29-46(30-38-51)61(7,8)9)52-39-31-47(32-40-52)62(10,11)12;;/h13-40H,1-12H3;13-42H,1-12H3;1H4;1H/i;;;1+1. The summed E-state index contributed by atoms with van der Waals surface area (Å²) >= 11 is 8.18. The number of para-hydroxylation sites is 2. The second-order valence-corrected chi connectivity index (χ2v) is 45.0. The van der Waals surface area contributed by atoms with E-state index in [1.54, 1.807) is 0 Å². The molecule has 2 heterocycles. The van der Waals surface area contributed by atoms with E-state index in [1.807, 2.05) is 0 Å². The van der Waals surface area contributed by atoms with Gasteiger partial charge in [0, 0.05) is 80.4 Å². The maximum Gasteiger partial charge on any atom is 0.252 e. The minimum Gasteiger partial charge on any atom is -0.311 e. The fourth-order valence-corrected chi connectivity index (χ4v) is 19.3. The second kappa shape index (κ2) is 35.6. The van der Waals surface area contributed by atoms with Gasteiger partial charge in [0.1, 0.15) is 0 Å². The maximum atomic E-state index is 8.18. The Morgan fingerprint density at radius 1 is 0.218 bits per heavy atom. The Morgan fingerprint density at radius 2 is 0.459 bits per heavy atom. The van der Waals surface area contributed by atoms with Crippen LogP contribution in [0.2, 0.25) is 5.02 Å². The van der Waals surface area contributed by atoms with Crippen molar-refractivity contribution in [3.8, 4) is 0 Å². The molecule has 0 radical (unpaired) electrons. The first kappa shape index (κ1) is 93.4. The SMILES string of the molecule is C.CC(C)(C)c1ccc(N(c2ccc(C(C)(C)C)cc2)c2cc(N(c3ccccc3)c3cccc4ccccc34)cc(N(c3ccc(C(C)(C)C)cc3)c3ccc(C(C)(C)C)cc3)c2Cl)cc1.CC(C)(C)c1ccc(N2c3ccc(C(C)(C)C)cc3B3c4cc(C(C)(C)C)ccc4N(c4ccc(C(C)(C)C)cc4)c4cc(N(c5ccccc5)c5cccc6ccccc56)cc2c43)cc1.[2HH]. The molecule has 0 aromatic heterocycles. The normalized spacial score (nSPS) is 12.9. The lowest BCUT2D eigenvalue weighted by molar-refractivity contribution is 0.590. The molecule has 0 aliphatic carbocycles. The van der Waals surface area contributed by atoms with Gasteiger partial charge in [-0.05, 0) is 261 Å². The highest BCUT2D eigenvalue weighted by molar-refractivity contribution is 7.00. The molecular weight excluding hydrogens is 1630 g/mol. The minimum atomic E-state index is -0.0403. The van der Waals surface area contributed by atoms with E-state index in [-0.39, 0.29) is 58.9 Å². The monoisotopic (exact) mass is 1770 g/mol. The highest BCUT2D eigenvalue weighted by Crippen LogP contribution is 2.55. The molecule has 0 amide bonds. The number of rotatable bonds is 14. The van der Waals surface area contributed by atoms with E-state index < -0.39 is 0 Å². The fourth-order valence-electron chi connectivity index (χ4n) is 19.0. The van der Waals surface area contributed by atoms with E-state index in [0.717, 1.165) is 85.0 Å². The predicted octanol–water partition coefficient (Wildman–Crippen LogP) is 35.6. The molecule has 0 bridgehead atoms. The van der Waals surface area contributed by atoms with E-state index in [1.165, 1.54) is 99.8 Å². The zero-order chi connectivity index (χ0) is 93.7. The lowest BCUT2D eigenvalue weighted by Crippen LogP contribution is -2.61. The summed E-state index contributed by atoms with van der Waals surface area (Å²) in [5.41, 5.74) is 33.7. The number of halogens is 1. The van der Waals surface area contributed by atoms with E-state index in [2.05, 4.69) is 547 Å². The van der Waals surface area contributed by atoms with E-state index in [4.69, 9.17) is 11.6 Å². The fraction of sp³-hybridized carbons (Fsp3) is 0.264. The van der Waals surface area contributed by atoms with Crippen molar-refractivity contribution in [3.05, 3.63) is 401 Å². The van der Waals surface area contributed by atoms with Crippen molar-refractivity contribution < 1.29 is 1.43 Å². The third kappa shape index (κ3) is 18.8. The summed E-state index contributed by atoms with van der Waals surface area (Å²) in [6.45, 7) is 55.0. The van der Waals surface area contributed by atoms with Gasteiger partial charge in [-0.2, -0.15) is 0 Å². The van der Waals surface area contributed by atoms with Crippen LogP contribution in [-0.2, 0) is 43.3 Å². The van der Waals surface area contributed by atoms with Gasteiger partial charge in [0.15, 0.2) is 0 Å². The number of fused-ring (bicyclic) bond motifs is 6. The summed E-state index contributed by atoms with van der Waals surface area (Å²) in [6, 6.07) is 131. The smallest absolute Gasteiger partial charge is 0.252 e. The zero-order valence-electron chi connectivity index (χ0n) is 82.1. The summed E-state index contributed by atoms with van der Waals surface area (Å²) in [5.74, 6) is 0. The summed E-state index contributed by atoms with van der Waals surface area (Å²) in [4.78, 5) is 14.7. The Labute approximate surface area is 802 Å². The van der Waals surface area contributed by atoms with Crippen molar-refractivity contribution in [1.29, 1.82) is 0 Å². The van der Waals surface area contributed by atoms with E-state index >= 15 is 0 Å².